The Kier molecular flexibility index (Phi) is 4.59. The summed E-state index contributed by atoms with van der Waals surface area (Å²) in [4.78, 5) is 0. The average molecular weight is 260 g/mol. The third-order valence-electron chi connectivity index (χ3n) is 3.90. The Morgan fingerprint density at radius 2 is 1.95 bits per heavy atom. The molecule has 1 aliphatic rings. The van der Waals surface area contributed by atoms with Gasteiger partial charge in [0.1, 0.15) is 0 Å². The minimum atomic E-state index is 0.214. The molecular weight excluding hydrogens is 236 g/mol. The minimum absolute atomic E-state index is 0.214. The van der Waals surface area contributed by atoms with Crippen LogP contribution < -0.4 is 5.73 Å². The fraction of sp³-hybridized carbons (Fsp3) is 0.562. The lowest BCUT2D eigenvalue weighted by atomic mass is 9.86. The number of rotatable bonds is 2. The Bertz CT molecular complexity index is 444. The Labute approximate surface area is 115 Å². The molecule has 1 aromatic carbocycles. The number of ether oxygens (including phenoxy) is 1. The molecule has 3 nitrogen and oxygen atoms in total. The molecule has 2 rings (SSSR count). The van der Waals surface area contributed by atoms with Crippen LogP contribution in [-0.4, -0.2) is 17.9 Å². The molecule has 1 unspecified atom stereocenters. The number of nitrogens with one attached hydrogen (secondary N) is 1. The molecule has 0 aromatic heterocycles. The van der Waals surface area contributed by atoms with E-state index in [0.717, 1.165) is 31.2 Å². The molecule has 0 amide bonds. The highest BCUT2D eigenvalue weighted by Gasteiger charge is 2.24. The maximum atomic E-state index is 8.44. The minimum Gasteiger partial charge on any atom is -0.398 e. The van der Waals surface area contributed by atoms with Crippen molar-refractivity contribution in [2.75, 3.05) is 5.73 Å². The van der Waals surface area contributed by atoms with Crippen LogP contribution in [0.5, 0.6) is 0 Å². The second-order valence-electron chi connectivity index (χ2n) is 5.62. The lowest BCUT2D eigenvalue weighted by Crippen LogP contribution is -2.27. The molecule has 3 atom stereocenters. The third kappa shape index (κ3) is 3.57. The third-order valence-corrected chi connectivity index (χ3v) is 3.90. The zero-order valence-corrected chi connectivity index (χ0v) is 11.9. The van der Waals surface area contributed by atoms with Crippen LogP contribution in [0, 0.1) is 11.3 Å². The highest BCUT2D eigenvalue weighted by atomic mass is 16.5. The van der Waals surface area contributed by atoms with Gasteiger partial charge in [-0.3, -0.25) is 0 Å². The standard InChI is InChI=1S/C16H24N2O/c1-11-6-5-7-13(10-12(2)19-11)16(18)14-8-3-4-9-15(14)17/h3-4,8-9,11-13,18H,5-7,10,17H2,1-2H3/t11-,12-,13?/m1/s1. The van der Waals surface area contributed by atoms with Crippen molar-refractivity contribution in [2.45, 2.75) is 51.7 Å². The average Bonchev–Trinajstić information content (AvgIpc) is 2.35. The fourth-order valence-corrected chi connectivity index (χ4v) is 2.91. The molecule has 1 aromatic rings. The largest absolute Gasteiger partial charge is 0.398 e. The van der Waals surface area contributed by atoms with Crippen LogP contribution in [0.4, 0.5) is 5.69 Å². The summed E-state index contributed by atoms with van der Waals surface area (Å²) in [5.41, 5.74) is 8.24. The van der Waals surface area contributed by atoms with E-state index in [4.69, 9.17) is 15.9 Å². The quantitative estimate of drug-likeness (QED) is 0.630. The lowest BCUT2D eigenvalue weighted by molar-refractivity contribution is -0.0144. The van der Waals surface area contributed by atoms with E-state index in [2.05, 4.69) is 13.8 Å². The van der Waals surface area contributed by atoms with E-state index < -0.39 is 0 Å². The fourth-order valence-electron chi connectivity index (χ4n) is 2.91. The second kappa shape index (κ2) is 6.20. The highest BCUT2D eigenvalue weighted by molar-refractivity contribution is 6.04. The number of hydrogen-bond donors (Lipinski definition) is 2. The van der Waals surface area contributed by atoms with Gasteiger partial charge in [0.2, 0.25) is 0 Å². The first-order chi connectivity index (χ1) is 9.08. The van der Waals surface area contributed by atoms with Crippen molar-refractivity contribution in [1.29, 1.82) is 5.41 Å². The van der Waals surface area contributed by atoms with E-state index in [1.165, 1.54) is 0 Å². The van der Waals surface area contributed by atoms with Crippen molar-refractivity contribution in [3.63, 3.8) is 0 Å². The van der Waals surface area contributed by atoms with Gasteiger partial charge >= 0.3 is 0 Å². The molecule has 1 aliphatic heterocycles. The Balaban J connectivity index is 2.12. The summed E-state index contributed by atoms with van der Waals surface area (Å²) in [6.45, 7) is 4.24. The molecule has 0 spiro atoms. The Morgan fingerprint density at radius 1 is 1.21 bits per heavy atom. The van der Waals surface area contributed by atoms with Crippen molar-refractivity contribution in [3.05, 3.63) is 29.8 Å². The number of para-hydroxylation sites is 1. The van der Waals surface area contributed by atoms with Gasteiger partial charge in [0, 0.05) is 22.9 Å². The predicted molar refractivity (Wildman–Crippen MR) is 79.7 cm³/mol. The Hall–Kier alpha value is -1.35. The summed E-state index contributed by atoms with van der Waals surface area (Å²) in [5.74, 6) is 0.257. The van der Waals surface area contributed by atoms with E-state index in [-0.39, 0.29) is 12.0 Å². The van der Waals surface area contributed by atoms with Crippen molar-refractivity contribution in [1.82, 2.24) is 0 Å². The molecular formula is C16H24N2O. The first kappa shape index (κ1) is 14.1. The number of nitrogens with two attached hydrogens (primary N) is 1. The predicted octanol–water partition coefficient (Wildman–Crippen LogP) is 3.62. The molecule has 0 aliphatic carbocycles. The molecule has 19 heavy (non-hydrogen) atoms. The zero-order chi connectivity index (χ0) is 13.8. The number of anilines is 1. The van der Waals surface area contributed by atoms with Crippen LogP contribution in [0.15, 0.2) is 24.3 Å². The molecule has 0 radical (unpaired) electrons. The number of benzene rings is 1. The first-order valence-corrected chi connectivity index (χ1v) is 7.16. The molecule has 3 N–H and O–H groups in total. The molecule has 0 bridgehead atoms. The van der Waals surface area contributed by atoms with Gasteiger partial charge in [0.05, 0.1) is 12.2 Å². The van der Waals surface area contributed by atoms with Crippen LogP contribution in [0.3, 0.4) is 0 Å². The van der Waals surface area contributed by atoms with E-state index in [0.29, 0.717) is 17.5 Å². The smallest absolute Gasteiger partial charge is 0.0557 e. The van der Waals surface area contributed by atoms with Crippen LogP contribution in [0.2, 0.25) is 0 Å². The van der Waals surface area contributed by atoms with E-state index in [9.17, 15) is 0 Å². The normalized spacial score (nSPS) is 28.4. The van der Waals surface area contributed by atoms with Gasteiger partial charge in [-0.15, -0.1) is 0 Å². The number of nitrogen functional groups attached to an aromatic ring is 1. The topological polar surface area (TPSA) is 59.1 Å². The number of hydrogen-bond acceptors (Lipinski definition) is 3. The van der Waals surface area contributed by atoms with Crippen LogP contribution in [0.25, 0.3) is 0 Å². The second-order valence-corrected chi connectivity index (χ2v) is 5.62. The van der Waals surface area contributed by atoms with Gasteiger partial charge in [-0.25, -0.2) is 0 Å². The van der Waals surface area contributed by atoms with Crippen molar-refractivity contribution >= 4 is 11.4 Å². The molecule has 1 heterocycles. The van der Waals surface area contributed by atoms with Gasteiger partial charge in [-0.05, 0) is 39.2 Å². The van der Waals surface area contributed by atoms with E-state index in [1.807, 2.05) is 24.3 Å². The Morgan fingerprint density at radius 3 is 2.68 bits per heavy atom. The molecule has 1 fully saturated rings. The van der Waals surface area contributed by atoms with Crippen LogP contribution >= 0.6 is 0 Å². The van der Waals surface area contributed by atoms with Gasteiger partial charge in [-0.2, -0.15) is 0 Å². The first-order valence-electron chi connectivity index (χ1n) is 7.16. The highest BCUT2D eigenvalue weighted by Crippen LogP contribution is 2.27. The van der Waals surface area contributed by atoms with Crippen molar-refractivity contribution < 1.29 is 4.74 Å². The molecule has 104 valence electrons. The summed E-state index contributed by atoms with van der Waals surface area (Å²) >= 11 is 0. The monoisotopic (exact) mass is 260 g/mol. The molecule has 3 heteroatoms. The summed E-state index contributed by atoms with van der Waals surface area (Å²) in [7, 11) is 0. The summed E-state index contributed by atoms with van der Waals surface area (Å²) in [6.07, 6.45) is 4.73. The maximum absolute atomic E-state index is 8.44. The summed E-state index contributed by atoms with van der Waals surface area (Å²) < 4.78 is 5.91. The van der Waals surface area contributed by atoms with Crippen molar-refractivity contribution in [3.8, 4) is 0 Å². The zero-order valence-electron chi connectivity index (χ0n) is 11.9. The molecule has 0 saturated carbocycles. The SMILES string of the molecule is C[C@@H]1CCCC(C(=N)c2ccccc2N)C[C@@H](C)O1. The lowest BCUT2D eigenvalue weighted by Gasteiger charge is -2.28. The van der Waals surface area contributed by atoms with E-state index >= 15 is 0 Å². The van der Waals surface area contributed by atoms with Gasteiger partial charge < -0.3 is 15.9 Å². The summed E-state index contributed by atoms with van der Waals surface area (Å²) in [5, 5.41) is 8.44. The summed E-state index contributed by atoms with van der Waals surface area (Å²) in [6, 6.07) is 7.68. The van der Waals surface area contributed by atoms with Crippen molar-refractivity contribution in [2.24, 2.45) is 5.92 Å². The van der Waals surface area contributed by atoms with Crippen LogP contribution in [0.1, 0.15) is 45.1 Å². The van der Waals surface area contributed by atoms with Gasteiger partial charge in [0.15, 0.2) is 0 Å². The van der Waals surface area contributed by atoms with E-state index in [1.54, 1.807) is 0 Å². The van der Waals surface area contributed by atoms with Crippen LogP contribution in [-0.2, 0) is 4.74 Å². The van der Waals surface area contributed by atoms with Gasteiger partial charge in [0.25, 0.3) is 0 Å². The van der Waals surface area contributed by atoms with Gasteiger partial charge in [-0.1, -0.05) is 24.6 Å². The molecule has 1 saturated heterocycles. The maximum Gasteiger partial charge on any atom is 0.0557 e.